The van der Waals surface area contributed by atoms with Crippen LogP contribution in [-0.2, 0) is 87.3 Å². The molecule has 2 heterocycles. The zero-order valence-electron chi connectivity index (χ0n) is 40.1. The molecule has 1 saturated heterocycles. The van der Waals surface area contributed by atoms with Crippen LogP contribution in [0.15, 0.2) is 21.3 Å². The van der Waals surface area contributed by atoms with Crippen LogP contribution in [0.4, 0.5) is 8.78 Å². The molecule has 3 rings (SSSR count). The molecule has 3 amide bonds. The number of phenols is 1. The molecule has 1 aromatic heterocycles. The van der Waals surface area contributed by atoms with E-state index in [0.717, 1.165) is 12.1 Å². The van der Waals surface area contributed by atoms with Crippen LogP contribution >= 0.6 is 0 Å². The maximum atomic E-state index is 14.3. The Balaban J connectivity index is 1.15. The van der Waals surface area contributed by atoms with Crippen LogP contribution in [0.25, 0.3) is 11.0 Å². The molecule has 1 aliphatic rings. The molecule has 22 nitrogen and oxygen atoms in total. The number of carbonyl (C=O) groups is 4. The molecule has 0 saturated carbocycles. The third kappa shape index (κ3) is 26.2. The van der Waals surface area contributed by atoms with E-state index < -0.39 is 58.7 Å². The van der Waals surface area contributed by atoms with Crippen molar-refractivity contribution >= 4 is 34.7 Å². The Morgan fingerprint density at radius 2 is 1.00 bits per heavy atom. The van der Waals surface area contributed by atoms with Crippen molar-refractivity contribution in [2.45, 2.75) is 44.9 Å². The van der Waals surface area contributed by atoms with Gasteiger partial charge in [0.05, 0.1) is 158 Å². The highest BCUT2D eigenvalue weighted by molar-refractivity contribution is 6.01. The number of benzene rings is 1. The molecule has 398 valence electrons. The fourth-order valence-electron chi connectivity index (χ4n) is 6.16. The average molecular weight is 1010 g/mol. The molecule has 0 unspecified atom stereocenters. The summed E-state index contributed by atoms with van der Waals surface area (Å²) in [6, 6.07) is 1.93. The Bertz CT molecular complexity index is 1820. The zero-order valence-corrected chi connectivity index (χ0v) is 40.1. The molecule has 0 spiro atoms. The van der Waals surface area contributed by atoms with E-state index >= 15 is 0 Å². The second kappa shape index (κ2) is 38.4. The van der Waals surface area contributed by atoms with Gasteiger partial charge >= 0.3 is 11.6 Å². The predicted molar refractivity (Wildman–Crippen MR) is 241 cm³/mol. The number of hydrogen-bond donors (Lipinski definition) is 1. The summed E-state index contributed by atoms with van der Waals surface area (Å²) in [7, 11) is 1.63. The summed E-state index contributed by atoms with van der Waals surface area (Å²) in [5.74, 6) is -6.38. The summed E-state index contributed by atoms with van der Waals surface area (Å²) in [4.78, 5) is 68.0. The largest absolute Gasteiger partial charge is 0.503 e. The first-order valence-electron chi connectivity index (χ1n) is 23.4. The van der Waals surface area contributed by atoms with Crippen LogP contribution in [0.5, 0.6) is 5.75 Å². The molecule has 0 radical (unpaired) electrons. The summed E-state index contributed by atoms with van der Waals surface area (Å²) >= 11 is 0. The van der Waals surface area contributed by atoms with E-state index in [9.17, 15) is 37.9 Å². The highest BCUT2D eigenvalue weighted by Gasteiger charge is 2.32. The molecular formula is C46H70F2N2O20. The summed E-state index contributed by atoms with van der Waals surface area (Å²) < 4.78 is 98.5. The fourth-order valence-corrected chi connectivity index (χ4v) is 6.16. The summed E-state index contributed by atoms with van der Waals surface area (Å²) in [6.45, 7) is 9.97. The van der Waals surface area contributed by atoms with Crippen molar-refractivity contribution in [2.24, 2.45) is 0 Å². The number of fused-ring (bicyclic) bond motifs is 1. The lowest BCUT2D eigenvalue weighted by Crippen LogP contribution is -2.37. The van der Waals surface area contributed by atoms with Crippen molar-refractivity contribution in [1.82, 2.24) is 9.96 Å². The SMILES string of the molecule is COCCOCCOCCOCCOCCOCCOCCOCCOCCOCCOCCOCCN(CCCCCC(=O)ON1C(=O)CCC1=O)C(=O)Cc1cc2cc(F)c(O)c(F)c2oc1=O. The van der Waals surface area contributed by atoms with Crippen LogP contribution in [0.1, 0.15) is 44.1 Å². The van der Waals surface area contributed by atoms with E-state index in [0.29, 0.717) is 156 Å². The molecule has 1 aliphatic heterocycles. The third-order valence-corrected chi connectivity index (χ3v) is 9.82. The molecule has 1 aromatic carbocycles. The minimum Gasteiger partial charge on any atom is -0.503 e. The second-order valence-corrected chi connectivity index (χ2v) is 15.1. The van der Waals surface area contributed by atoms with Gasteiger partial charge in [0.15, 0.2) is 17.1 Å². The Morgan fingerprint density at radius 3 is 1.43 bits per heavy atom. The van der Waals surface area contributed by atoms with E-state index in [1.54, 1.807) is 7.11 Å². The second-order valence-electron chi connectivity index (χ2n) is 15.1. The van der Waals surface area contributed by atoms with Gasteiger partial charge in [-0.2, -0.15) is 4.39 Å². The van der Waals surface area contributed by atoms with Crippen molar-refractivity contribution in [3.63, 3.8) is 0 Å². The van der Waals surface area contributed by atoms with E-state index in [1.165, 1.54) is 4.90 Å². The van der Waals surface area contributed by atoms with Gasteiger partial charge in [-0.25, -0.2) is 14.0 Å². The topological polar surface area (TPSA) is 245 Å². The third-order valence-electron chi connectivity index (χ3n) is 9.82. The van der Waals surface area contributed by atoms with Gasteiger partial charge < -0.3 is 76.1 Å². The predicted octanol–water partition coefficient (Wildman–Crippen LogP) is 2.14. The number of methoxy groups -OCH3 is 1. The zero-order chi connectivity index (χ0) is 50.4. The maximum absolute atomic E-state index is 14.3. The van der Waals surface area contributed by atoms with E-state index in [-0.39, 0.29) is 63.1 Å². The number of hydroxylamine groups is 2. The number of amides is 3. The smallest absolute Gasteiger partial charge is 0.340 e. The van der Waals surface area contributed by atoms with Crippen LogP contribution in [0.2, 0.25) is 0 Å². The number of unbranched alkanes of at least 4 members (excludes halogenated alkanes) is 2. The standard InChI is InChI=1S/C46H70F2N2O20/c1-57-11-12-59-15-16-61-19-20-63-23-24-65-27-28-67-31-32-68-30-29-66-26-25-64-22-21-62-18-17-60-14-13-58-10-9-49(8-4-2-3-5-42(54)70-50-39(51)6-7-40(50)52)41(53)35-37-33-36-34-38(47)44(55)43(48)45(36)69-46(37)56/h33-34,55H,2-32,35H2,1H3. The monoisotopic (exact) mass is 1010 g/mol. The number of rotatable bonds is 45. The summed E-state index contributed by atoms with van der Waals surface area (Å²) in [5.41, 5.74) is -1.83. The number of phenolic OH excluding ortho intramolecular Hbond substituents is 1. The van der Waals surface area contributed by atoms with Crippen molar-refractivity contribution in [3.05, 3.63) is 39.8 Å². The first-order valence-corrected chi connectivity index (χ1v) is 23.4. The Labute approximate surface area is 405 Å². The maximum Gasteiger partial charge on any atom is 0.340 e. The van der Waals surface area contributed by atoms with E-state index in [2.05, 4.69) is 0 Å². The molecule has 0 atom stereocenters. The van der Waals surface area contributed by atoms with Gasteiger partial charge in [-0.1, -0.05) is 6.42 Å². The molecule has 24 heteroatoms. The van der Waals surface area contributed by atoms with E-state index in [1.807, 2.05) is 0 Å². The van der Waals surface area contributed by atoms with Crippen LogP contribution in [0.3, 0.4) is 0 Å². The number of carbonyl (C=O) groups excluding carboxylic acids is 4. The normalized spacial score (nSPS) is 12.8. The van der Waals surface area contributed by atoms with Crippen LogP contribution in [-0.4, -0.2) is 211 Å². The van der Waals surface area contributed by atoms with Crippen LogP contribution in [0, 0.1) is 11.6 Å². The molecular weight excluding hydrogens is 938 g/mol. The van der Waals surface area contributed by atoms with Crippen molar-refractivity contribution < 1.29 is 99.2 Å². The Morgan fingerprint density at radius 1 is 0.586 bits per heavy atom. The molecule has 1 N–H and O–H groups in total. The number of nitrogens with zero attached hydrogens (tertiary/aromatic N) is 2. The Hall–Kier alpha value is -4.31. The highest BCUT2D eigenvalue weighted by atomic mass is 19.1. The lowest BCUT2D eigenvalue weighted by atomic mass is 10.1. The number of halogens is 2. The fraction of sp³-hybridized carbons (Fsp3) is 0.717. The Kier molecular flexibility index (Phi) is 32.9. The summed E-state index contributed by atoms with van der Waals surface area (Å²) in [6.07, 6.45) is 0.684. The molecule has 70 heavy (non-hydrogen) atoms. The first-order chi connectivity index (χ1) is 34.1. The van der Waals surface area contributed by atoms with Gasteiger partial charge in [0.25, 0.3) is 11.8 Å². The van der Waals surface area contributed by atoms with Gasteiger partial charge in [-0.3, -0.25) is 14.4 Å². The van der Waals surface area contributed by atoms with Crippen molar-refractivity contribution in [2.75, 3.05) is 172 Å². The minimum absolute atomic E-state index is 0.0173. The average Bonchev–Trinajstić information content (AvgIpc) is 3.66. The summed E-state index contributed by atoms with van der Waals surface area (Å²) in [5, 5.41) is 9.88. The van der Waals surface area contributed by atoms with Gasteiger partial charge in [0.1, 0.15) is 0 Å². The number of ether oxygens (including phenoxy) is 12. The highest BCUT2D eigenvalue weighted by Crippen LogP contribution is 2.28. The molecule has 0 bridgehead atoms. The first kappa shape index (κ1) is 60.0. The van der Waals surface area contributed by atoms with Gasteiger partial charge in [0, 0.05) is 50.4 Å². The van der Waals surface area contributed by atoms with Crippen molar-refractivity contribution in [3.8, 4) is 5.75 Å². The number of imide groups is 1. The number of aromatic hydroxyl groups is 1. The molecule has 0 aliphatic carbocycles. The van der Waals surface area contributed by atoms with Gasteiger partial charge in [0.2, 0.25) is 11.7 Å². The lowest BCUT2D eigenvalue weighted by molar-refractivity contribution is -0.197. The minimum atomic E-state index is -1.43. The van der Waals surface area contributed by atoms with Gasteiger partial charge in [-0.15, -0.1) is 5.06 Å². The van der Waals surface area contributed by atoms with E-state index in [4.69, 9.17) is 66.1 Å². The van der Waals surface area contributed by atoms with Crippen molar-refractivity contribution in [1.29, 1.82) is 0 Å². The molecule has 1 fully saturated rings. The number of hydrogen-bond acceptors (Lipinski definition) is 20. The lowest BCUT2D eigenvalue weighted by Gasteiger charge is -2.23. The molecule has 2 aromatic rings. The van der Waals surface area contributed by atoms with Gasteiger partial charge in [-0.05, 0) is 25.0 Å². The quantitative estimate of drug-likeness (QED) is 0.0567. The van der Waals surface area contributed by atoms with Crippen LogP contribution < -0.4 is 5.63 Å².